The van der Waals surface area contributed by atoms with Crippen LogP contribution in [0, 0.1) is 0 Å². The number of carbonyl (C=O) groups excluding carboxylic acids is 2. The fourth-order valence-electron chi connectivity index (χ4n) is 0.921. The number of nitrogens with one attached hydrogen (secondary N) is 2. The van der Waals surface area contributed by atoms with Crippen molar-refractivity contribution >= 4 is 12.5 Å². The molecule has 0 saturated carbocycles. The Morgan fingerprint density at radius 1 is 1.27 bits per heavy atom. The molecular weight excluding hydrogens is 196 g/mol. The van der Waals surface area contributed by atoms with Crippen molar-refractivity contribution in [3.05, 3.63) is 0 Å². The van der Waals surface area contributed by atoms with Crippen molar-refractivity contribution in [3.63, 3.8) is 0 Å². The van der Waals surface area contributed by atoms with Gasteiger partial charge in [-0.3, -0.25) is 4.79 Å². The molecule has 2 amide bonds. The highest BCUT2D eigenvalue weighted by Crippen LogP contribution is 2.08. The zero-order valence-electron chi connectivity index (χ0n) is 10.0. The normalized spacial score (nSPS) is 11.8. The zero-order valence-corrected chi connectivity index (χ0v) is 10.0. The summed E-state index contributed by atoms with van der Waals surface area (Å²) in [4.78, 5) is 21.5. The Bertz CT molecular complexity index is 231. The molecule has 0 aromatic rings. The van der Waals surface area contributed by atoms with E-state index in [1.165, 1.54) is 0 Å². The van der Waals surface area contributed by atoms with Crippen LogP contribution >= 0.6 is 0 Å². The Morgan fingerprint density at radius 2 is 1.80 bits per heavy atom. The molecule has 15 heavy (non-hydrogen) atoms. The largest absolute Gasteiger partial charge is 0.444 e. The third-order valence-corrected chi connectivity index (χ3v) is 1.47. The molecule has 0 heterocycles. The van der Waals surface area contributed by atoms with Gasteiger partial charge in [0.15, 0.2) is 0 Å². The minimum absolute atomic E-state index is 0.357. The standard InChI is InChI=1S/C10H20N2O3/c1-9(2,3)15-8(14)12-10(4,5)6-11-7-13/h7H,6H2,1-5H3,(H,11,13)(H,12,14). The van der Waals surface area contributed by atoms with Crippen LogP contribution in [0.15, 0.2) is 0 Å². The average molecular weight is 216 g/mol. The van der Waals surface area contributed by atoms with Gasteiger partial charge in [0.2, 0.25) is 6.41 Å². The second-order valence-electron chi connectivity index (χ2n) is 5.01. The molecule has 2 N–H and O–H groups in total. The molecule has 0 aliphatic rings. The van der Waals surface area contributed by atoms with E-state index in [0.29, 0.717) is 13.0 Å². The molecule has 0 rings (SSSR count). The van der Waals surface area contributed by atoms with Gasteiger partial charge in [-0.2, -0.15) is 0 Å². The second kappa shape index (κ2) is 5.00. The van der Waals surface area contributed by atoms with Crippen LogP contribution in [0.1, 0.15) is 34.6 Å². The van der Waals surface area contributed by atoms with Gasteiger partial charge >= 0.3 is 6.09 Å². The molecule has 0 unspecified atom stereocenters. The summed E-state index contributed by atoms with van der Waals surface area (Å²) >= 11 is 0. The molecule has 5 heteroatoms. The van der Waals surface area contributed by atoms with E-state index in [1.54, 1.807) is 34.6 Å². The van der Waals surface area contributed by atoms with Crippen molar-refractivity contribution in [3.8, 4) is 0 Å². The first-order chi connectivity index (χ1) is 6.66. The number of hydrogen-bond donors (Lipinski definition) is 2. The van der Waals surface area contributed by atoms with E-state index in [9.17, 15) is 9.59 Å². The molecule has 0 aliphatic carbocycles. The lowest BCUT2D eigenvalue weighted by Gasteiger charge is -2.28. The van der Waals surface area contributed by atoms with E-state index in [2.05, 4.69) is 10.6 Å². The Labute approximate surface area is 90.6 Å². The lowest BCUT2D eigenvalue weighted by atomic mass is 10.1. The summed E-state index contributed by atoms with van der Waals surface area (Å²) in [5.41, 5.74) is -1.04. The maximum absolute atomic E-state index is 11.4. The summed E-state index contributed by atoms with van der Waals surface area (Å²) in [6.45, 7) is 9.34. The van der Waals surface area contributed by atoms with E-state index >= 15 is 0 Å². The number of alkyl carbamates (subject to hydrolysis) is 1. The molecular formula is C10H20N2O3. The highest BCUT2D eigenvalue weighted by Gasteiger charge is 2.23. The van der Waals surface area contributed by atoms with Gasteiger partial charge in [0, 0.05) is 6.54 Å². The fourth-order valence-corrected chi connectivity index (χ4v) is 0.921. The summed E-state index contributed by atoms with van der Waals surface area (Å²) in [7, 11) is 0. The van der Waals surface area contributed by atoms with Gasteiger partial charge in [0.05, 0.1) is 5.54 Å². The van der Waals surface area contributed by atoms with Crippen LogP contribution in [-0.2, 0) is 9.53 Å². The maximum atomic E-state index is 11.4. The first-order valence-electron chi connectivity index (χ1n) is 4.84. The predicted molar refractivity (Wildman–Crippen MR) is 57.5 cm³/mol. The molecule has 0 atom stereocenters. The topological polar surface area (TPSA) is 67.4 Å². The Morgan fingerprint density at radius 3 is 2.20 bits per heavy atom. The van der Waals surface area contributed by atoms with Crippen LogP contribution in [0.3, 0.4) is 0 Å². The summed E-state index contributed by atoms with van der Waals surface area (Å²) in [6, 6.07) is 0. The van der Waals surface area contributed by atoms with Crippen LogP contribution in [0.5, 0.6) is 0 Å². The lowest BCUT2D eigenvalue weighted by Crippen LogP contribution is -2.51. The molecule has 0 aromatic carbocycles. The minimum atomic E-state index is -0.525. The average Bonchev–Trinajstić information content (AvgIpc) is 1.95. The van der Waals surface area contributed by atoms with E-state index in [0.717, 1.165) is 0 Å². The van der Waals surface area contributed by atoms with Crippen LogP contribution in [0.4, 0.5) is 4.79 Å². The third kappa shape index (κ3) is 7.78. The number of amides is 2. The summed E-state index contributed by atoms with van der Waals surface area (Å²) in [5, 5.41) is 5.17. The SMILES string of the molecule is CC(C)(CNC=O)NC(=O)OC(C)(C)C. The lowest BCUT2D eigenvalue weighted by molar-refractivity contribution is -0.109. The second-order valence-corrected chi connectivity index (χ2v) is 5.01. The molecule has 5 nitrogen and oxygen atoms in total. The van der Waals surface area contributed by atoms with Crippen molar-refractivity contribution in [2.45, 2.75) is 45.8 Å². The van der Waals surface area contributed by atoms with Crippen molar-refractivity contribution in [2.75, 3.05) is 6.54 Å². The Kier molecular flexibility index (Phi) is 4.58. The first-order valence-corrected chi connectivity index (χ1v) is 4.84. The van der Waals surface area contributed by atoms with E-state index in [1.807, 2.05) is 0 Å². The monoisotopic (exact) mass is 216 g/mol. The molecule has 88 valence electrons. The number of hydrogen-bond acceptors (Lipinski definition) is 3. The molecule has 0 bridgehead atoms. The van der Waals surface area contributed by atoms with Crippen molar-refractivity contribution in [1.82, 2.24) is 10.6 Å². The molecule has 0 spiro atoms. The quantitative estimate of drug-likeness (QED) is 0.690. The van der Waals surface area contributed by atoms with Gasteiger partial charge in [0.25, 0.3) is 0 Å². The van der Waals surface area contributed by atoms with E-state index < -0.39 is 17.2 Å². The first kappa shape index (κ1) is 13.7. The summed E-state index contributed by atoms with van der Waals surface area (Å²) in [5.74, 6) is 0. The molecule has 0 fully saturated rings. The smallest absolute Gasteiger partial charge is 0.408 e. The number of carbonyl (C=O) groups is 2. The highest BCUT2D eigenvalue weighted by molar-refractivity contribution is 5.68. The van der Waals surface area contributed by atoms with Crippen LogP contribution < -0.4 is 10.6 Å². The van der Waals surface area contributed by atoms with Gasteiger partial charge in [-0.1, -0.05) is 0 Å². The third-order valence-electron chi connectivity index (χ3n) is 1.47. The van der Waals surface area contributed by atoms with Crippen molar-refractivity contribution in [2.24, 2.45) is 0 Å². The Balaban J connectivity index is 4.09. The fraction of sp³-hybridized carbons (Fsp3) is 0.800. The molecule has 0 saturated heterocycles. The van der Waals surface area contributed by atoms with Crippen molar-refractivity contribution in [1.29, 1.82) is 0 Å². The summed E-state index contributed by atoms with van der Waals surface area (Å²) < 4.78 is 5.09. The van der Waals surface area contributed by atoms with E-state index in [-0.39, 0.29) is 0 Å². The van der Waals surface area contributed by atoms with Gasteiger partial charge in [0.1, 0.15) is 5.60 Å². The van der Waals surface area contributed by atoms with E-state index in [4.69, 9.17) is 4.74 Å². The zero-order chi connectivity index (χ0) is 12.1. The number of rotatable bonds is 4. The minimum Gasteiger partial charge on any atom is -0.444 e. The number of ether oxygens (including phenoxy) is 1. The summed E-state index contributed by atoms with van der Waals surface area (Å²) in [6.07, 6.45) is 0.110. The predicted octanol–water partition coefficient (Wildman–Crippen LogP) is 1.04. The van der Waals surface area contributed by atoms with Crippen molar-refractivity contribution < 1.29 is 14.3 Å². The van der Waals surface area contributed by atoms with Gasteiger partial charge in [-0.05, 0) is 34.6 Å². The van der Waals surface area contributed by atoms with Crippen LogP contribution in [0.25, 0.3) is 0 Å². The molecule has 0 aromatic heterocycles. The van der Waals surface area contributed by atoms with Crippen LogP contribution in [0.2, 0.25) is 0 Å². The van der Waals surface area contributed by atoms with Gasteiger partial charge in [-0.15, -0.1) is 0 Å². The Hall–Kier alpha value is -1.26. The molecule has 0 aliphatic heterocycles. The van der Waals surface area contributed by atoms with Crippen LogP contribution in [-0.4, -0.2) is 30.2 Å². The van der Waals surface area contributed by atoms with Gasteiger partial charge < -0.3 is 15.4 Å². The maximum Gasteiger partial charge on any atom is 0.408 e. The highest BCUT2D eigenvalue weighted by atomic mass is 16.6. The van der Waals surface area contributed by atoms with Gasteiger partial charge in [-0.25, -0.2) is 4.79 Å². The molecule has 0 radical (unpaired) electrons.